The number of aryl methyl sites for hydroxylation is 1. The van der Waals surface area contributed by atoms with Gasteiger partial charge < -0.3 is 5.11 Å². The fraction of sp³-hybridized carbons (Fsp3) is 0.500. The SMILES string of the molecule is CCc1ccc(N2C(=O)C3C(c4ccc(Cl)s4)NC(CC4CCCCC4)(C(=O)O)C3C2=O)cc1. The van der Waals surface area contributed by atoms with Gasteiger partial charge in [-0.05, 0) is 48.6 Å². The highest BCUT2D eigenvalue weighted by atomic mass is 35.5. The Labute approximate surface area is 208 Å². The van der Waals surface area contributed by atoms with Crippen LogP contribution in [0.5, 0.6) is 0 Å². The van der Waals surface area contributed by atoms with Gasteiger partial charge in [0.15, 0.2) is 0 Å². The molecule has 2 amide bonds. The summed E-state index contributed by atoms with van der Waals surface area (Å²) in [6.45, 7) is 2.04. The molecule has 4 atom stereocenters. The second-order valence-electron chi connectivity index (χ2n) is 9.78. The van der Waals surface area contributed by atoms with Crippen LogP contribution in [0, 0.1) is 17.8 Å². The molecule has 1 aromatic heterocycles. The van der Waals surface area contributed by atoms with Gasteiger partial charge in [-0.2, -0.15) is 0 Å². The summed E-state index contributed by atoms with van der Waals surface area (Å²) in [5, 5.41) is 13.9. The Morgan fingerprint density at radius 3 is 2.41 bits per heavy atom. The molecule has 1 aliphatic carbocycles. The normalized spacial score (nSPS) is 29.6. The van der Waals surface area contributed by atoms with Gasteiger partial charge in [0.1, 0.15) is 5.54 Å². The minimum Gasteiger partial charge on any atom is -0.480 e. The van der Waals surface area contributed by atoms with Crippen molar-refractivity contribution in [3.63, 3.8) is 0 Å². The van der Waals surface area contributed by atoms with Crippen molar-refractivity contribution in [3.05, 3.63) is 51.2 Å². The highest BCUT2D eigenvalue weighted by molar-refractivity contribution is 7.16. The lowest BCUT2D eigenvalue weighted by Crippen LogP contribution is -2.56. The number of halogens is 1. The zero-order chi connectivity index (χ0) is 24.0. The highest BCUT2D eigenvalue weighted by Crippen LogP contribution is 2.53. The third kappa shape index (κ3) is 3.78. The first-order chi connectivity index (χ1) is 16.4. The van der Waals surface area contributed by atoms with Crippen LogP contribution in [0.1, 0.15) is 61.9 Å². The first-order valence-corrected chi connectivity index (χ1v) is 13.3. The molecule has 180 valence electrons. The van der Waals surface area contributed by atoms with Gasteiger partial charge in [0, 0.05) is 4.88 Å². The summed E-state index contributed by atoms with van der Waals surface area (Å²) in [4.78, 5) is 42.6. The number of anilines is 1. The van der Waals surface area contributed by atoms with E-state index < -0.39 is 35.3 Å². The van der Waals surface area contributed by atoms with Crippen molar-refractivity contribution in [2.45, 2.75) is 63.5 Å². The number of aliphatic carboxylic acids is 1. The van der Waals surface area contributed by atoms with E-state index >= 15 is 0 Å². The largest absolute Gasteiger partial charge is 0.480 e. The number of nitrogens with zero attached hydrogens (tertiary/aromatic N) is 1. The number of imide groups is 1. The number of benzene rings is 1. The maximum absolute atomic E-state index is 13.9. The maximum Gasteiger partial charge on any atom is 0.324 e. The van der Waals surface area contributed by atoms with Gasteiger partial charge in [-0.3, -0.25) is 19.7 Å². The number of amides is 2. The van der Waals surface area contributed by atoms with Gasteiger partial charge >= 0.3 is 5.97 Å². The number of carbonyl (C=O) groups is 3. The van der Waals surface area contributed by atoms with Gasteiger partial charge in [-0.25, -0.2) is 4.90 Å². The van der Waals surface area contributed by atoms with E-state index in [1.807, 2.05) is 25.1 Å². The molecule has 34 heavy (non-hydrogen) atoms. The van der Waals surface area contributed by atoms with Crippen LogP contribution in [0.3, 0.4) is 0 Å². The quantitative estimate of drug-likeness (QED) is 0.532. The summed E-state index contributed by atoms with van der Waals surface area (Å²) in [6.07, 6.45) is 6.40. The van der Waals surface area contributed by atoms with E-state index in [1.165, 1.54) is 16.2 Å². The van der Waals surface area contributed by atoms with E-state index in [0.717, 1.165) is 49.0 Å². The van der Waals surface area contributed by atoms with Crippen LogP contribution in [-0.4, -0.2) is 28.4 Å². The van der Waals surface area contributed by atoms with Crippen molar-refractivity contribution >= 4 is 46.4 Å². The number of hydrogen-bond acceptors (Lipinski definition) is 5. The lowest BCUT2D eigenvalue weighted by Gasteiger charge is -2.35. The molecule has 1 saturated carbocycles. The van der Waals surface area contributed by atoms with Gasteiger partial charge in [0.05, 0.1) is 27.9 Å². The zero-order valence-corrected chi connectivity index (χ0v) is 20.7. The number of rotatable bonds is 6. The molecular weight excluding hydrogens is 472 g/mol. The topological polar surface area (TPSA) is 86.7 Å². The molecule has 4 unspecified atom stereocenters. The van der Waals surface area contributed by atoms with Crippen LogP contribution in [0.15, 0.2) is 36.4 Å². The minimum atomic E-state index is -1.49. The van der Waals surface area contributed by atoms with Gasteiger partial charge in [0.2, 0.25) is 11.8 Å². The standard InChI is InChI=1S/C26H29ClN2O4S/c1-2-15-8-10-17(11-9-15)29-23(30)20-21(24(29)31)26(25(32)33,14-16-6-4-3-5-7-16)28-22(20)18-12-13-19(27)34-18/h8-13,16,20-22,28H,2-7,14H2,1H3,(H,32,33). The third-order valence-electron chi connectivity index (χ3n) is 7.87. The molecule has 2 aliphatic heterocycles. The van der Waals surface area contributed by atoms with Crippen molar-refractivity contribution in [3.8, 4) is 0 Å². The molecule has 3 aliphatic rings. The van der Waals surface area contributed by atoms with E-state index in [0.29, 0.717) is 16.4 Å². The molecule has 5 rings (SSSR count). The van der Waals surface area contributed by atoms with Crippen molar-refractivity contribution < 1.29 is 19.5 Å². The first kappa shape index (κ1) is 23.5. The molecule has 3 fully saturated rings. The Balaban J connectivity index is 1.58. The summed E-state index contributed by atoms with van der Waals surface area (Å²) >= 11 is 7.53. The number of carboxylic acids is 1. The third-order valence-corrected chi connectivity index (χ3v) is 9.19. The summed E-state index contributed by atoms with van der Waals surface area (Å²) in [5.41, 5.74) is 0.119. The number of carboxylic acid groups (broad SMARTS) is 1. The maximum atomic E-state index is 13.9. The molecule has 8 heteroatoms. The second kappa shape index (κ2) is 9.10. The Kier molecular flexibility index (Phi) is 6.29. The lowest BCUT2D eigenvalue weighted by molar-refractivity contribution is -0.150. The van der Waals surface area contributed by atoms with E-state index in [9.17, 15) is 19.5 Å². The van der Waals surface area contributed by atoms with E-state index in [4.69, 9.17) is 11.6 Å². The van der Waals surface area contributed by atoms with Crippen LogP contribution in [-0.2, 0) is 20.8 Å². The van der Waals surface area contributed by atoms with Gasteiger partial charge in [0.25, 0.3) is 0 Å². The van der Waals surface area contributed by atoms with Crippen LogP contribution >= 0.6 is 22.9 Å². The molecular formula is C26H29ClN2O4S. The fourth-order valence-electron chi connectivity index (χ4n) is 6.20. The molecule has 2 aromatic rings. The first-order valence-electron chi connectivity index (χ1n) is 12.1. The second-order valence-corrected chi connectivity index (χ2v) is 11.5. The van der Waals surface area contributed by atoms with Crippen LogP contribution in [0.4, 0.5) is 5.69 Å². The van der Waals surface area contributed by atoms with Crippen molar-refractivity contribution in [1.29, 1.82) is 0 Å². The number of nitrogens with one attached hydrogen (secondary N) is 1. The number of hydrogen-bond donors (Lipinski definition) is 2. The Morgan fingerprint density at radius 2 is 1.82 bits per heavy atom. The van der Waals surface area contributed by atoms with E-state index in [1.54, 1.807) is 18.2 Å². The van der Waals surface area contributed by atoms with Crippen molar-refractivity contribution in [2.24, 2.45) is 17.8 Å². The Hall–Kier alpha value is -2.22. The molecule has 6 nitrogen and oxygen atoms in total. The summed E-state index contributed by atoms with van der Waals surface area (Å²) < 4.78 is 0.567. The van der Waals surface area contributed by atoms with Gasteiger partial charge in [-0.15, -0.1) is 11.3 Å². The van der Waals surface area contributed by atoms with Crippen molar-refractivity contribution in [1.82, 2.24) is 5.32 Å². The molecule has 2 N–H and O–H groups in total. The molecule has 0 bridgehead atoms. The number of carbonyl (C=O) groups excluding carboxylic acids is 2. The molecule has 0 radical (unpaired) electrons. The minimum absolute atomic E-state index is 0.212. The Morgan fingerprint density at radius 1 is 1.12 bits per heavy atom. The van der Waals surface area contributed by atoms with E-state index in [-0.39, 0.29) is 11.8 Å². The number of fused-ring (bicyclic) bond motifs is 1. The van der Waals surface area contributed by atoms with Gasteiger partial charge in [-0.1, -0.05) is 62.8 Å². The summed E-state index contributed by atoms with van der Waals surface area (Å²) in [5.74, 6) is -3.35. The molecule has 0 spiro atoms. The highest BCUT2D eigenvalue weighted by Gasteiger charge is 2.69. The smallest absolute Gasteiger partial charge is 0.324 e. The van der Waals surface area contributed by atoms with Crippen LogP contribution in [0.25, 0.3) is 0 Å². The van der Waals surface area contributed by atoms with Crippen molar-refractivity contribution in [2.75, 3.05) is 4.90 Å². The average molecular weight is 501 g/mol. The predicted octanol–water partition coefficient (Wildman–Crippen LogP) is 5.21. The fourth-order valence-corrected chi connectivity index (χ4v) is 7.36. The molecule has 2 saturated heterocycles. The summed E-state index contributed by atoms with van der Waals surface area (Å²) in [6, 6.07) is 10.4. The zero-order valence-electron chi connectivity index (χ0n) is 19.1. The monoisotopic (exact) mass is 500 g/mol. The number of thiophene rings is 1. The average Bonchev–Trinajstić information content (AvgIpc) is 3.49. The van der Waals surface area contributed by atoms with E-state index in [2.05, 4.69) is 5.32 Å². The molecule has 1 aromatic carbocycles. The Bertz CT molecular complexity index is 1110. The predicted molar refractivity (Wildman–Crippen MR) is 132 cm³/mol. The lowest BCUT2D eigenvalue weighted by atomic mass is 9.72. The molecule has 3 heterocycles. The van der Waals surface area contributed by atoms with Crippen LogP contribution in [0.2, 0.25) is 4.34 Å². The summed E-state index contributed by atoms with van der Waals surface area (Å²) in [7, 11) is 0. The van der Waals surface area contributed by atoms with Crippen LogP contribution < -0.4 is 10.2 Å².